The van der Waals surface area contributed by atoms with Crippen molar-refractivity contribution in [1.29, 1.82) is 0 Å². The second-order valence-corrected chi connectivity index (χ2v) is 12.5. The van der Waals surface area contributed by atoms with Gasteiger partial charge in [-0.25, -0.2) is 15.4 Å². The van der Waals surface area contributed by atoms with E-state index in [2.05, 4.69) is 30.2 Å². The Balaban J connectivity index is 0.868. The number of piperazine rings is 1. The quantitative estimate of drug-likeness (QED) is 0.281. The summed E-state index contributed by atoms with van der Waals surface area (Å²) in [6.07, 6.45) is 5.91. The van der Waals surface area contributed by atoms with Crippen molar-refractivity contribution in [3.63, 3.8) is 0 Å². The van der Waals surface area contributed by atoms with E-state index in [1.807, 2.05) is 42.3 Å². The van der Waals surface area contributed by atoms with Gasteiger partial charge in [0.05, 0.1) is 34.0 Å². The van der Waals surface area contributed by atoms with Crippen LogP contribution in [0.2, 0.25) is 0 Å². The van der Waals surface area contributed by atoms with Crippen molar-refractivity contribution in [2.45, 2.75) is 32.7 Å². The van der Waals surface area contributed by atoms with Crippen LogP contribution in [0.3, 0.4) is 0 Å². The van der Waals surface area contributed by atoms with Crippen LogP contribution in [-0.4, -0.2) is 93.3 Å². The number of carbonyl (C=O) groups is 3. The molecule has 0 saturated carbocycles. The van der Waals surface area contributed by atoms with Crippen molar-refractivity contribution < 1.29 is 14.4 Å². The molecule has 6 heterocycles. The first kappa shape index (κ1) is 30.7. The minimum absolute atomic E-state index is 0.0502. The molecule has 7 rings (SSSR count). The molecule has 0 bridgehead atoms. The van der Waals surface area contributed by atoms with Crippen LogP contribution in [-0.2, 0) is 13.0 Å². The van der Waals surface area contributed by atoms with Crippen LogP contribution in [0.5, 0.6) is 0 Å². The lowest BCUT2D eigenvalue weighted by molar-refractivity contribution is 0.0537. The van der Waals surface area contributed by atoms with Crippen molar-refractivity contribution in [3.05, 3.63) is 99.2 Å². The first-order valence-corrected chi connectivity index (χ1v) is 16.3. The number of hydrazine groups is 1. The Labute approximate surface area is 272 Å². The van der Waals surface area contributed by atoms with Crippen LogP contribution < -0.4 is 15.9 Å². The summed E-state index contributed by atoms with van der Waals surface area (Å²) in [6, 6.07) is 14.5. The lowest BCUT2D eigenvalue weighted by atomic mass is 9.97. The van der Waals surface area contributed by atoms with Crippen LogP contribution >= 0.6 is 0 Å². The van der Waals surface area contributed by atoms with Gasteiger partial charge in [0, 0.05) is 64.1 Å². The average molecular weight is 635 g/mol. The number of rotatable bonds is 8. The van der Waals surface area contributed by atoms with E-state index >= 15 is 0 Å². The maximum absolute atomic E-state index is 13.2. The van der Waals surface area contributed by atoms with E-state index in [-0.39, 0.29) is 29.2 Å². The summed E-state index contributed by atoms with van der Waals surface area (Å²) < 4.78 is 0. The molecule has 1 aromatic carbocycles. The molecule has 3 aliphatic rings. The van der Waals surface area contributed by atoms with E-state index in [0.29, 0.717) is 42.9 Å². The number of benzene rings is 1. The van der Waals surface area contributed by atoms with Crippen molar-refractivity contribution in [2.24, 2.45) is 5.92 Å². The van der Waals surface area contributed by atoms with Crippen molar-refractivity contribution in [3.8, 4) is 0 Å². The van der Waals surface area contributed by atoms with Crippen molar-refractivity contribution >= 4 is 34.4 Å². The molecule has 0 atom stereocenters. The summed E-state index contributed by atoms with van der Waals surface area (Å²) >= 11 is 0. The summed E-state index contributed by atoms with van der Waals surface area (Å²) in [4.78, 5) is 69.3. The summed E-state index contributed by atoms with van der Waals surface area (Å²) in [5, 5.41) is 1.11. The Morgan fingerprint density at radius 2 is 1.62 bits per heavy atom. The molecule has 3 aliphatic heterocycles. The number of pyridine rings is 3. The number of anilines is 1. The zero-order valence-corrected chi connectivity index (χ0v) is 26.4. The molecule has 2 saturated heterocycles. The third-order valence-corrected chi connectivity index (χ3v) is 9.55. The smallest absolute Gasteiger partial charge is 0.276 e. The highest BCUT2D eigenvalue weighted by molar-refractivity contribution is 6.20. The minimum atomic E-state index is -0.321. The molecule has 47 heavy (non-hydrogen) atoms. The number of nitrogens with one attached hydrogen (secondary N) is 2. The standard InChI is InChI=1S/C35H38N8O4/c1-2-25-18-30-31(39-32(25)44)17-24(19-36-30)22-40-13-15-41(16-14-40)26-7-8-29(37-21-26)35(47)42-11-9-23(10-12-42)20-38-43-33(45)27-5-3-4-6-28(27)34(43)46/h3-8,17-19,21,23,38H,2,9-16,20,22H2,1H3,(H,39,44). The first-order valence-electron chi connectivity index (χ1n) is 16.3. The van der Waals surface area contributed by atoms with E-state index in [1.165, 1.54) is 0 Å². The Morgan fingerprint density at radius 3 is 2.28 bits per heavy atom. The summed E-state index contributed by atoms with van der Waals surface area (Å²) in [5.74, 6) is -0.478. The molecule has 3 amide bonds. The van der Waals surface area contributed by atoms with Gasteiger partial charge in [-0.3, -0.25) is 29.1 Å². The molecule has 12 heteroatoms. The van der Waals surface area contributed by atoms with Gasteiger partial charge in [-0.15, -0.1) is 0 Å². The predicted molar refractivity (Wildman–Crippen MR) is 177 cm³/mol. The normalized spacial score (nSPS) is 17.5. The lowest BCUT2D eigenvalue weighted by Gasteiger charge is -2.36. The number of hydrogen-bond acceptors (Lipinski definition) is 9. The van der Waals surface area contributed by atoms with E-state index < -0.39 is 0 Å². The molecule has 2 N–H and O–H groups in total. The van der Waals surface area contributed by atoms with E-state index in [9.17, 15) is 19.2 Å². The number of likely N-dealkylation sites (tertiary alicyclic amines) is 1. The fourth-order valence-electron chi connectivity index (χ4n) is 6.69. The van der Waals surface area contributed by atoms with Crippen molar-refractivity contribution in [2.75, 3.05) is 50.7 Å². The molecule has 242 valence electrons. The maximum Gasteiger partial charge on any atom is 0.276 e. The van der Waals surface area contributed by atoms with Crippen LogP contribution in [0, 0.1) is 5.92 Å². The van der Waals surface area contributed by atoms with Crippen LogP contribution in [0.15, 0.2) is 65.7 Å². The monoisotopic (exact) mass is 634 g/mol. The Kier molecular flexibility index (Phi) is 8.52. The number of nitrogens with zero attached hydrogens (tertiary/aromatic N) is 6. The van der Waals surface area contributed by atoms with Gasteiger partial charge < -0.3 is 14.8 Å². The van der Waals surface area contributed by atoms with Gasteiger partial charge in [0.15, 0.2) is 0 Å². The minimum Gasteiger partial charge on any atom is -0.368 e. The molecule has 12 nitrogen and oxygen atoms in total. The molecule has 0 spiro atoms. The number of H-pyrrole nitrogens is 1. The summed E-state index contributed by atoms with van der Waals surface area (Å²) in [7, 11) is 0. The van der Waals surface area contributed by atoms with Gasteiger partial charge in [0.25, 0.3) is 23.3 Å². The van der Waals surface area contributed by atoms with Gasteiger partial charge in [-0.2, -0.15) is 0 Å². The predicted octanol–water partition coefficient (Wildman–Crippen LogP) is 2.86. The van der Waals surface area contributed by atoms with Gasteiger partial charge in [-0.1, -0.05) is 19.1 Å². The molecule has 0 radical (unpaired) electrons. The van der Waals surface area contributed by atoms with Crippen molar-refractivity contribution in [1.82, 2.24) is 35.2 Å². The molecular formula is C35H38N8O4. The lowest BCUT2D eigenvalue weighted by Crippen LogP contribution is -2.47. The SMILES string of the molecule is CCc1cc2ncc(CN3CCN(c4ccc(C(=O)N5CCC(CNN6C(=O)c7ccccc7C6=O)CC5)nc4)CC3)cc2[nH]c1=O. The number of aromatic nitrogens is 3. The highest BCUT2D eigenvalue weighted by Crippen LogP contribution is 2.24. The highest BCUT2D eigenvalue weighted by atomic mass is 16.2. The van der Waals surface area contributed by atoms with Gasteiger partial charge in [-0.05, 0) is 67.1 Å². The Morgan fingerprint density at radius 1 is 0.894 bits per heavy atom. The number of fused-ring (bicyclic) bond motifs is 2. The number of piperidine rings is 1. The molecule has 2 fully saturated rings. The fraction of sp³-hybridized carbons (Fsp3) is 0.371. The maximum atomic E-state index is 13.2. The van der Waals surface area contributed by atoms with Gasteiger partial charge in [0.1, 0.15) is 5.69 Å². The van der Waals surface area contributed by atoms with E-state index in [0.717, 1.165) is 78.4 Å². The number of imide groups is 1. The topological polar surface area (TPSA) is 135 Å². The number of aryl methyl sites for hydroxylation is 1. The third-order valence-electron chi connectivity index (χ3n) is 9.55. The summed E-state index contributed by atoms with van der Waals surface area (Å²) in [5.41, 5.74) is 8.65. The number of hydrogen-bond donors (Lipinski definition) is 2. The van der Waals surface area contributed by atoms with Gasteiger partial charge in [0.2, 0.25) is 0 Å². The van der Waals surface area contributed by atoms with Crippen LogP contribution in [0.25, 0.3) is 11.0 Å². The largest absolute Gasteiger partial charge is 0.368 e. The van der Waals surface area contributed by atoms with Crippen LogP contribution in [0.4, 0.5) is 5.69 Å². The molecule has 0 aliphatic carbocycles. The fourth-order valence-corrected chi connectivity index (χ4v) is 6.69. The highest BCUT2D eigenvalue weighted by Gasteiger charge is 2.36. The average Bonchev–Trinajstić information content (AvgIpc) is 3.35. The summed E-state index contributed by atoms with van der Waals surface area (Å²) in [6.45, 7) is 7.85. The van der Waals surface area contributed by atoms with E-state index in [1.54, 1.807) is 30.5 Å². The second kappa shape index (κ2) is 13.0. The zero-order chi connectivity index (χ0) is 32.5. The molecule has 3 aromatic heterocycles. The van der Waals surface area contributed by atoms with Gasteiger partial charge >= 0.3 is 0 Å². The Bertz CT molecular complexity index is 1840. The number of amides is 3. The second-order valence-electron chi connectivity index (χ2n) is 12.5. The molecule has 0 unspecified atom stereocenters. The molecule has 4 aromatic rings. The molecular weight excluding hydrogens is 596 g/mol. The third kappa shape index (κ3) is 6.26. The Hall–Kier alpha value is -4.94. The van der Waals surface area contributed by atoms with Crippen LogP contribution in [0.1, 0.15) is 62.1 Å². The zero-order valence-electron chi connectivity index (χ0n) is 26.4. The van der Waals surface area contributed by atoms with E-state index in [4.69, 9.17) is 0 Å². The number of carbonyl (C=O) groups excluding carboxylic acids is 3. The number of aromatic amines is 1. The first-order chi connectivity index (χ1) is 22.9.